The number of amides is 3. The molecule has 0 unspecified atom stereocenters. The summed E-state index contributed by atoms with van der Waals surface area (Å²) in [7, 11) is 0. The normalized spacial score (nSPS) is 11.8. The monoisotopic (exact) mass is 207 g/mol. The van der Waals surface area contributed by atoms with E-state index in [1.165, 1.54) is 0 Å². The molecule has 0 aromatic rings. The van der Waals surface area contributed by atoms with Gasteiger partial charge in [-0.3, -0.25) is 14.9 Å². The molecule has 0 aliphatic rings. The van der Waals surface area contributed by atoms with Crippen LogP contribution >= 0.6 is 0 Å². The van der Waals surface area contributed by atoms with E-state index in [9.17, 15) is 18.9 Å². The van der Waals surface area contributed by atoms with Crippen molar-refractivity contribution in [2.75, 3.05) is 0 Å². The zero-order chi connectivity index (χ0) is 11.1. The number of hydrogen-bond acceptors (Lipinski definition) is 4. The van der Waals surface area contributed by atoms with Crippen LogP contribution in [0.5, 0.6) is 0 Å². The highest BCUT2D eigenvalue weighted by atomic mass is 19.2. The molecule has 7 nitrogen and oxygen atoms in total. The molecule has 0 aromatic heterocycles. The lowest BCUT2D eigenvalue weighted by molar-refractivity contribution is -0.137. The topological polar surface area (TPSA) is 122 Å². The van der Waals surface area contributed by atoms with Crippen LogP contribution in [-0.4, -0.2) is 29.1 Å². The van der Waals surface area contributed by atoms with E-state index in [0.29, 0.717) is 0 Å². The third kappa shape index (κ3) is 5.04. The number of rotatable bonds is 5. The van der Waals surface area contributed by atoms with Crippen LogP contribution in [0.25, 0.3) is 0 Å². The van der Waals surface area contributed by atoms with Gasteiger partial charge in [0.25, 0.3) is 0 Å². The summed E-state index contributed by atoms with van der Waals surface area (Å²) >= 11 is 0. The number of hydrogen-bond donors (Lipinski definition) is 4. The molecule has 0 aliphatic carbocycles. The maximum absolute atomic E-state index is 12.0. The molecule has 1 atom stereocenters. The fraction of sp³-hybridized carbons (Fsp3) is 0.500. The fourth-order valence-corrected chi connectivity index (χ4v) is 0.712. The van der Waals surface area contributed by atoms with E-state index >= 15 is 0 Å². The highest BCUT2D eigenvalue weighted by molar-refractivity contribution is 5.96. The van der Waals surface area contributed by atoms with E-state index < -0.39 is 30.4 Å². The minimum absolute atomic E-state index is 0.273. The number of nitrogens with two attached hydrogens (primary N) is 1. The molecular formula is C6H10FN3O4. The molecule has 0 bridgehead atoms. The van der Waals surface area contributed by atoms with Gasteiger partial charge in [-0.25, -0.2) is 4.79 Å². The van der Waals surface area contributed by atoms with Crippen LogP contribution in [0.2, 0.25) is 0 Å². The van der Waals surface area contributed by atoms with Gasteiger partial charge in [0.05, 0.1) is 0 Å². The van der Waals surface area contributed by atoms with Gasteiger partial charge in [0.2, 0.25) is 5.91 Å². The largest absolute Gasteiger partial charge is 0.481 e. The zero-order valence-electron chi connectivity index (χ0n) is 7.12. The summed E-state index contributed by atoms with van der Waals surface area (Å²) in [6, 6.07) is -2.51. The SMILES string of the molecule is NC(=O)NC(=O)[C@H](CCC(=O)O)NF. The predicted octanol–water partition coefficient (Wildman–Crippen LogP) is -1.11. The van der Waals surface area contributed by atoms with E-state index in [1.807, 2.05) is 0 Å². The second-order valence-corrected chi connectivity index (χ2v) is 2.45. The van der Waals surface area contributed by atoms with E-state index in [0.717, 1.165) is 5.54 Å². The van der Waals surface area contributed by atoms with Crippen molar-refractivity contribution in [2.45, 2.75) is 18.9 Å². The summed E-state index contributed by atoms with van der Waals surface area (Å²) in [5.41, 5.74) is 5.68. The van der Waals surface area contributed by atoms with Gasteiger partial charge < -0.3 is 10.8 Å². The van der Waals surface area contributed by atoms with Crippen molar-refractivity contribution >= 4 is 17.9 Å². The average molecular weight is 207 g/mol. The fourth-order valence-electron chi connectivity index (χ4n) is 0.712. The number of primary amides is 1. The third-order valence-electron chi connectivity index (χ3n) is 1.34. The molecular weight excluding hydrogens is 197 g/mol. The number of carboxylic acids is 1. The Morgan fingerprint density at radius 1 is 1.43 bits per heavy atom. The number of imide groups is 1. The van der Waals surface area contributed by atoms with Gasteiger partial charge in [-0.2, -0.15) is 0 Å². The first-order valence-corrected chi connectivity index (χ1v) is 3.65. The summed E-state index contributed by atoms with van der Waals surface area (Å²) < 4.78 is 12.0. The van der Waals surface area contributed by atoms with Crippen molar-refractivity contribution < 1.29 is 24.0 Å². The van der Waals surface area contributed by atoms with Gasteiger partial charge in [0, 0.05) is 6.42 Å². The third-order valence-corrected chi connectivity index (χ3v) is 1.34. The Balaban J connectivity index is 4.05. The molecule has 0 fully saturated rings. The maximum Gasteiger partial charge on any atom is 0.318 e. The molecule has 0 heterocycles. The summed E-state index contributed by atoms with van der Waals surface area (Å²) in [6.07, 6.45) is -0.668. The van der Waals surface area contributed by atoms with Crippen molar-refractivity contribution in [3.8, 4) is 0 Å². The van der Waals surface area contributed by atoms with Crippen molar-refractivity contribution in [3.05, 3.63) is 0 Å². The second kappa shape index (κ2) is 5.86. The Morgan fingerprint density at radius 2 is 2.00 bits per heavy atom. The Labute approximate surface area is 78.4 Å². The number of aliphatic carboxylic acids is 1. The molecule has 0 saturated heterocycles. The smallest absolute Gasteiger partial charge is 0.318 e. The summed E-state index contributed by atoms with van der Waals surface area (Å²) in [6.45, 7) is 0. The molecule has 0 aliphatic heterocycles. The lowest BCUT2D eigenvalue weighted by Gasteiger charge is -2.10. The number of carbonyl (C=O) groups excluding carboxylic acids is 2. The van der Waals surface area contributed by atoms with E-state index in [-0.39, 0.29) is 6.42 Å². The van der Waals surface area contributed by atoms with Crippen LogP contribution < -0.4 is 16.6 Å². The van der Waals surface area contributed by atoms with Crippen LogP contribution in [0.3, 0.4) is 0 Å². The Kier molecular flexibility index (Phi) is 5.15. The van der Waals surface area contributed by atoms with Crippen LogP contribution in [0, 0.1) is 0 Å². The quantitative estimate of drug-likeness (QED) is 0.426. The van der Waals surface area contributed by atoms with Crippen LogP contribution in [0.15, 0.2) is 0 Å². The first-order chi connectivity index (χ1) is 6.47. The molecule has 14 heavy (non-hydrogen) atoms. The van der Waals surface area contributed by atoms with Gasteiger partial charge in [-0.05, 0) is 6.42 Å². The van der Waals surface area contributed by atoms with Gasteiger partial charge in [-0.1, -0.05) is 0 Å². The van der Waals surface area contributed by atoms with Gasteiger partial charge in [0.1, 0.15) is 6.04 Å². The Morgan fingerprint density at radius 3 is 2.36 bits per heavy atom. The van der Waals surface area contributed by atoms with Gasteiger partial charge >= 0.3 is 12.0 Å². The highest BCUT2D eigenvalue weighted by Crippen LogP contribution is 1.97. The number of nitrogens with one attached hydrogen (secondary N) is 2. The van der Waals surface area contributed by atoms with Crippen LogP contribution in [0.1, 0.15) is 12.8 Å². The Bertz CT molecular complexity index is 245. The first-order valence-electron chi connectivity index (χ1n) is 3.65. The van der Waals surface area contributed by atoms with E-state index in [1.54, 1.807) is 5.32 Å². The molecule has 0 rings (SSSR count). The molecule has 0 aromatic carbocycles. The molecule has 80 valence electrons. The van der Waals surface area contributed by atoms with Crippen molar-refractivity contribution in [3.63, 3.8) is 0 Å². The standard InChI is InChI=1S/C6H10FN3O4/c7-10-3(1-2-4(11)12)5(13)9-6(8)14/h3,10H,1-2H2,(H,11,12)(H3,8,9,13,14)/t3-/m0/s1. The number of carboxylic acid groups (broad SMARTS) is 1. The van der Waals surface area contributed by atoms with Crippen molar-refractivity contribution in [2.24, 2.45) is 5.73 Å². The highest BCUT2D eigenvalue weighted by Gasteiger charge is 2.20. The van der Waals surface area contributed by atoms with E-state index in [4.69, 9.17) is 5.11 Å². The zero-order valence-corrected chi connectivity index (χ0v) is 7.12. The first kappa shape index (κ1) is 12.3. The summed E-state index contributed by atoms with van der Waals surface area (Å²) in [4.78, 5) is 31.2. The molecule has 5 N–H and O–H groups in total. The molecule has 0 saturated carbocycles. The van der Waals surface area contributed by atoms with Gasteiger partial charge in [-0.15, -0.1) is 10.0 Å². The lowest BCUT2D eigenvalue weighted by atomic mass is 10.1. The minimum Gasteiger partial charge on any atom is -0.481 e. The lowest BCUT2D eigenvalue weighted by Crippen LogP contribution is -2.46. The molecule has 3 amide bonds. The number of urea groups is 1. The number of carbonyl (C=O) groups is 3. The minimum atomic E-state index is -1.39. The predicted molar refractivity (Wildman–Crippen MR) is 42.6 cm³/mol. The molecule has 0 radical (unpaired) electrons. The summed E-state index contributed by atoms with van der Waals surface area (Å²) in [5, 5.41) is 9.87. The molecule has 8 heteroatoms. The summed E-state index contributed by atoms with van der Waals surface area (Å²) in [5.74, 6) is -2.17. The van der Waals surface area contributed by atoms with Crippen molar-refractivity contribution in [1.29, 1.82) is 0 Å². The van der Waals surface area contributed by atoms with Crippen LogP contribution in [-0.2, 0) is 9.59 Å². The Hall–Kier alpha value is -1.70. The van der Waals surface area contributed by atoms with E-state index in [2.05, 4.69) is 5.73 Å². The van der Waals surface area contributed by atoms with Crippen molar-refractivity contribution in [1.82, 2.24) is 10.9 Å². The van der Waals surface area contributed by atoms with Crippen LogP contribution in [0.4, 0.5) is 9.28 Å². The molecule has 0 spiro atoms. The van der Waals surface area contributed by atoms with Gasteiger partial charge in [0.15, 0.2) is 0 Å². The average Bonchev–Trinajstić information content (AvgIpc) is 2.03. The maximum atomic E-state index is 12.0. The second-order valence-electron chi connectivity index (χ2n) is 2.45. The number of halogens is 1.